The summed E-state index contributed by atoms with van der Waals surface area (Å²) in [5.41, 5.74) is -0.373. The first-order chi connectivity index (χ1) is 10.9. The van der Waals surface area contributed by atoms with Crippen molar-refractivity contribution in [3.63, 3.8) is 0 Å². The van der Waals surface area contributed by atoms with Gasteiger partial charge in [-0.15, -0.1) is 0 Å². The molecule has 122 valence electrons. The van der Waals surface area contributed by atoms with Crippen molar-refractivity contribution in [3.8, 4) is 0 Å². The molecule has 2 aromatic rings. The SMILES string of the molecule is CCn1c(=O)cc(N[C@H](CC(=O)O)c2cccc(Cl)c2)[nH]c1=O. The fourth-order valence-corrected chi connectivity index (χ4v) is 2.43. The number of nitrogens with one attached hydrogen (secondary N) is 2. The topological polar surface area (TPSA) is 104 Å². The van der Waals surface area contributed by atoms with Gasteiger partial charge in [0, 0.05) is 17.6 Å². The molecule has 2 rings (SSSR count). The van der Waals surface area contributed by atoms with Gasteiger partial charge in [0.2, 0.25) is 0 Å². The maximum Gasteiger partial charge on any atom is 0.329 e. The molecule has 7 nitrogen and oxygen atoms in total. The maximum atomic E-state index is 11.9. The summed E-state index contributed by atoms with van der Waals surface area (Å²) in [6, 6.07) is 7.31. The Hall–Kier alpha value is -2.54. The number of carbonyl (C=O) groups is 1. The molecule has 0 unspecified atom stereocenters. The summed E-state index contributed by atoms with van der Waals surface area (Å²) in [4.78, 5) is 37.3. The molecule has 23 heavy (non-hydrogen) atoms. The van der Waals surface area contributed by atoms with Gasteiger partial charge in [-0.2, -0.15) is 0 Å². The largest absolute Gasteiger partial charge is 0.481 e. The van der Waals surface area contributed by atoms with Crippen molar-refractivity contribution in [2.75, 3.05) is 5.32 Å². The molecule has 0 amide bonds. The lowest BCUT2D eigenvalue weighted by Gasteiger charge is -2.18. The molecule has 1 heterocycles. The Morgan fingerprint density at radius 2 is 2.13 bits per heavy atom. The Kier molecular flexibility index (Phi) is 5.23. The van der Waals surface area contributed by atoms with Gasteiger partial charge in [-0.25, -0.2) is 4.79 Å². The fraction of sp³-hybridized carbons (Fsp3) is 0.267. The van der Waals surface area contributed by atoms with E-state index >= 15 is 0 Å². The van der Waals surface area contributed by atoms with Gasteiger partial charge in [-0.1, -0.05) is 23.7 Å². The second-order valence-corrected chi connectivity index (χ2v) is 5.36. The summed E-state index contributed by atoms with van der Waals surface area (Å²) < 4.78 is 1.04. The third kappa shape index (κ3) is 4.23. The lowest BCUT2D eigenvalue weighted by atomic mass is 10.0. The molecule has 1 aromatic carbocycles. The molecule has 0 saturated heterocycles. The molecule has 0 aliphatic carbocycles. The van der Waals surface area contributed by atoms with Crippen molar-refractivity contribution in [1.29, 1.82) is 0 Å². The first kappa shape index (κ1) is 16.8. The maximum absolute atomic E-state index is 11.9. The number of nitrogens with zero attached hydrogens (tertiary/aromatic N) is 1. The highest BCUT2D eigenvalue weighted by Crippen LogP contribution is 2.23. The molecule has 8 heteroatoms. The molecular formula is C15H16ClN3O4. The van der Waals surface area contributed by atoms with Crippen LogP contribution >= 0.6 is 11.6 Å². The van der Waals surface area contributed by atoms with Crippen LogP contribution in [0.15, 0.2) is 39.9 Å². The highest BCUT2D eigenvalue weighted by Gasteiger charge is 2.17. The number of aliphatic carboxylic acids is 1. The van der Waals surface area contributed by atoms with E-state index in [0.717, 1.165) is 4.57 Å². The van der Waals surface area contributed by atoms with Crippen LogP contribution in [0.25, 0.3) is 0 Å². The molecule has 0 spiro atoms. The van der Waals surface area contributed by atoms with E-state index in [1.807, 2.05) is 0 Å². The highest BCUT2D eigenvalue weighted by atomic mass is 35.5. The van der Waals surface area contributed by atoms with E-state index in [1.165, 1.54) is 6.07 Å². The van der Waals surface area contributed by atoms with Gasteiger partial charge in [0.15, 0.2) is 0 Å². The predicted octanol–water partition coefficient (Wildman–Crippen LogP) is 1.84. The van der Waals surface area contributed by atoms with Gasteiger partial charge in [0.1, 0.15) is 5.82 Å². The Bertz CT molecular complexity index is 797. The summed E-state index contributed by atoms with van der Waals surface area (Å²) in [5, 5.41) is 12.4. The third-order valence-electron chi connectivity index (χ3n) is 3.30. The standard InChI is InChI=1S/C15H16ClN3O4/c1-2-19-13(20)8-12(18-15(19)23)17-11(7-14(21)22)9-4-3-5-10(16)6-9/h3-6,8,11,17H,2,7H2,1H3,(H,18,23)(H,21,22)/t11-/m1/s1. The summed E-state index contributed by atoms with van der Waals surface area (Å²) in [6.45, 7) is 1.93. The average molecular weight is 338 g/mol. The van der Waals surface area contributed by atoms with Crippen molar-refractivity contribution in [2.24, 2.45) is 0 Å². The second kappa shape index (κ2) is 7.15. The van der Waals surface area contributed by atoms with Crippen molar-refractivity contribution < 1.29 is 9.90 Å². The van der Waals surface area contributed by atoms with E-state index in [0.29, 0.717) is 10.6 Å². The van der Waals surface area contributed by atoms with Crippen molar-refractivity contribution in [2.45, 2.75) is 25.9 Å². The van der Waals surface area contributed by atoms with Crippen LogP contribution in [0.4, 0.5) is 5.82 Å². The first-order valence-electron chi connectivity index (χ1n) is 6.98. The molecule has 3 N–H and O–H groups in total. The second-order valence-electron chi connectivity index (χ2n) is 4.92. The number of aromatic amines is 1. The lowest BCUT2D eigenvalue weighted by Crippen LogP contribution is -2.34. The number of anilines is 1. The molecule has 0 fully saturated rings. The van der Waals surface area contributed by atoms with Crippen LogP contribution < -0.4 is 16.6 Å². The zero-order chi connectivity index (χ0) is 17.0. The minimum Gasteiger partial charge on any atom is -0.481 e. The zero-order valence-corrected chi connectivity index (χ0v) is 13.1. The molecule has 1 aromatic heterocycles. The van der Waals surface area contributed by atoms with Crippen LogP contribution in [-0.2, 0) is 11.3 Å². The van der Waals surface area contributed by atoms with E-state index in [1.54, 1.807) is 31.2 Å². The predicted molar refractivity (Wildman–Crippen MR) is 87.1 cm³/mol. The quantitative estimate of drug-likeness (QED) is 0.746. The van der Waals surface area contributed by atoms with Gasteiger partial charge in [0.05, 0.1) is 12.5 Å². The summed E-state index contributed by atoms with van der Waals surface area (Å²) in [6.07, 6.45) is -0.237. The number of benzene rings is 1. The van der Waals surface area contributed by atoms with E-state index < -0.39 is 23.3 Å². The summed E-state index contributed by atoms with van der Waals surface area (Å²) in [7, 11) is 0. The highest BCUT2D eigenvalue weighted by molar-refractivity contribution is 6.30. The van der Waals surface area contributed by atoms with Gasteiger partial charge in [-0.3, -0.25) is 19.1 Å². The summed E-state index contributed by atoms with van der Waals surface area (Å²) in [5.74, 6) is -0.859. The molecule has 0 aliphatic rings. The van der Waals surface area contributed by atoms with Gasteiger partial charge < -0.3 is 10.4 Å². The number of halogens is 1. The smallest absolute Gasteiger partial charge is 0.329 e. The first-order valence-corrected chi connectivity index (χ1v) is 7.36. The summed E-state index contributed by atoms with van der Waals surface area (Å²) >= 11 is 5.93. The van der Waals surface area contributed by atoms with Crippen LogP contribution in [0.1, 0.15) is 24.9 Å². The Morgan fingerprint density at radius 3 is 2.70 bits per heavy atom. The van der Waals surface area contributed by atoms with Crippen LogP contribution in [0.5, 0.6) is 0 Å². The van der Waals surface area contributed by atoms with Gasteiger partial charge in [-0.05, 0) is 24.6 Å². The molecule has 1 atom stereocenters. The number of aromatic nitrogens is 2. The number of carboxylic acids is 1. The number of hydrogen-bond donors (Lipinski definition) is 3. The fourth-order valence-electron chi connectivity index (χ4n) is 2.24. The number of carboxylic acid groups (broad SMARTS) is 1. The molecule has 0 saturated carbocycles. The van der Waals surface area contributed by atoms with E-state index in [2.05, 4.69) is 10.3 Å². The number of rotatable bonds is 6. The van der Waals surface area contributed by atoms with Crippen LogP contribution in [0.3, 0.4) is 0 Å². The van der Waals surface area contributed by atoms with E-state index in [9.17, 15) is 14.4 Å². The Balaban J connectivity index is 2.37. The van der Waals surface area contributed by atoms with Gasteiger partial charge >= 0.3 is 11.7 Å². The molecule has 0 bridgehead atoms. The van der Waals surface area contributed by atoms with Crippen molar-refractivity contribution >= 4 is 23.4 Å². The van der Waals surface area contributed by atoms with Crippen molar-refractivity contribution in [1.82, 2.24) is 9.55 Å². The molecular weight excluding hydrogens is 322 g/mol. The van der Waals surface area contributed by atoms with E-state index in [-0.39, 0.29) is 18.8 Å². The van der Waals surface area contributed by atoms with Gasteiger partial charge in [0.25, 0.3) is 5.56 Å². The van der Waals surface area contributed by atoms with Crippen LogP contribution in [0.2, 0.25) is 5.02 Å². The van der Waals surface area contributed by atoms with Crippen LogP contribution in [-0.4, -0.2) is 20.6 Å². The zero-order valence-electron chi connectivity index (χ0n) is 12.4. The van der Waals surface area contributed by atoms with E-state index in [4.69, 9.17) is 16.7 Å². The monoisotopic (exact) mass is 337 g/mol. The van der Waals surface area contributed by atoms with Crippen LogP contribution in [0, 0.1) is 0 Å². The number of hydrogen-bond acceptors (Lipinski definition) is 4. The third-order valence-corrected chi connectivity index (χ3v) is 3.53. The number of H-pyrrole nitrogens is 1. The normalized spacial score (nSPS) is 11.9. The van der Waals surface area contributed by atoms with Crippen molar-refractivity contribution in [3.05, 3.63) is 61.8 Å². The molecule has 0 aliphatic heterocycles. The Morgan fingerprint density at radius 1 is 1.39 bits per heavy atom. The lowest BCUT2D eigenvalue weighted by molar-refractivity contribution is -0.137. The Labute approximate surface area is 136 Å². The average Bonchev–Trinajstić information content (AvgIpc) is 2.46. The minimum absolute atomic E-state index is 0.163. The molecule has 0 radical (unpaired) electrons. The minimum atomic E-state index is -1.02.